The van der Waals surface area contributed by atoms with E-state index in [1.165, 1.54) is 59.5 Å². The summed E-state index contributed by atoms with van der Waals surface area (Å²) >= 11 is 0. The van der Waals surface area contributed by atoms with Crippen molar-refractivity contribution in [3.63, 3.8) is 0 Å². The third-order valence-electron chi connectivity index (χ3n) is 7.56. The van der Waals surface area contributed by atoms with E-state index < -0.39 is 40.6 Å². The van der Waals surface area contributed by atoms with Crippen LogP contribution in [0.5, 0.6) is 5.75 Å². The van der Waals surface area contributed by atoms with Crippen LogP contribution in [0.3, 0.4) is 0 Å². The lowest BCUT2D eigenvalue weighted by Crippen LogP contribution is -2.15. The zero-order chi connectivity index (χ0) is 34.5. The molecule has 9 nitrogen and oxygen atoms in total. The predicted molar refractivity (Wildman–Crippen MR) is 174 cm³/mol. The topological polar surface area (TPSA) is 131 Å². The van der Waals surface area contributed by atoms with Gasteiger partial charge in [0.1, 0.15) is 23.5 Å². The average Bonchev–Trinajstić information content (AvgIpc) is 3.68. The Bertz CT molecular complexity index is 1730. The molecule has 252 valence electrons. The molecule has 3 unspecified atom stereocenters. The van der Waals surface area contributed by atoms with Crippen LogP contribution in [-0.4, -0.2) is 43.4 Å². The summed E-state index contributed by atoms with van der Waals surface area (Å²) in [6.45, 7) is 5.66. The number of alkyl halides is 4. The highest BCUT2D eigenvalue weighted by atomic mass is 32.2. The van der Waals surface area contributed by atoms with Gasteiger partial charge in [0.15, 0.2) is 11.0 Å². The zero-order valence-electron chi connectivity index (χ0n) is 26.2. The number of benzene rings is 2. The zero-order valence-corrected chi connectivity index (χ0v) is 27.0. The minimum Gasteiger partial charge on any atom is -0.484 e. The number of nitrogen functional groups attached to an aromatic ring is 1. The highest BCUT2D eigenvalue weighted by molar-refractivity contribution is 7.86. The Morgan fingerprint density at radius 2 is 1.87 bits per heavy atom. The van der Waals surface area contributed by atoms with Gasteiger partial charge in [-0.2, -0.15) is 13.9 Å². The normalized spacial score (nSPS) is 16.6. The third kappa shape index (κ3) is 8.07. The molecule has 47 heavy (non-hydrogen) atoms. The fraction of sp³-hybridized carbons (Fsp3) is 0.344. The molecule has 15 heteroatoms. The summed E-state index contributed by atoms with van der Waals surface area (Å²) in [6.07, 6.45) is 3.78. The van der Waals surface area contributed by atoms with Gasteiger partial charge in [-0.3, -0.25) is 14.8 Å². The Labute approximate surface area is 271 Å². The first kappa shape index (κ1) is 35.3. The van der Waals surface area contributed by atoms with Crippen LogP contribution in [0.15, 0.2) is 61.1 Å². The number of nitrogens with one attached hydrogen (secondary N) is 3. The van der Waals surface area contributed by atoms with E-state index in [0.29, 0.717) is 28.8 Å². The SMILES string of the molecule is CC.CNc1c(-c2cnn(C3CCC(F)(F)C3)c2)cnc(N)c1C(=N)c1ccc(NS(=O)C(F)F)c(OC(C)c2ccc(F)cc2)c1. The molecule has 0 radical (unpaired) electrons. The van der Waals surface area contributed by atoms with Crippen LogP contribution in [0.4, 0.5) is 39.1 Å². The van der Waals surface area contributed by atoms with Crippen LogP contribution in [0.2, 0.25) is 0 Å². The summed E-state index contributed by atoms with van der Waals surface area (Å²) in [5.41, 5.74) is 8.71. The Morgan fingerprint density at radius 1 is 1.17 bits per heavy atom. The number of halogens is 5. The highest BCUT2D eigenvalue weighted by Crippen LogP contribution is 2.42. The maximum atomic E-state index is 13.8. The molecule has 2 aromatic carbocycles. The summed E-state index contributed by atoms with van der Waals surface area (Å²) < 4.78 is 89.1. The third-order valence-corrected chi connectivity index (χ3v) is 8.30. The molecule has 0 spiro atoms. The standard InChI is InChI=1S/C30H30F5N7O2S.C2H6/c1-16(17-3-6-20(31)7-4-17)44-24-11-18(5-8-23(24)41-45(43)29(32)33)26(36)25-27(38-2)22(14-39-28(25)37)19-13-40-42(15-19)21-9-10-30(34,35)12-21;1-2/h3-8,11,13-16,21,29,36,41H,9-10,12H2,1-2H3,(H3,37,38,39);1-2H3. The van der Waals surface area contributed by atoms with E-state index in [4.69, 9.17) is 15.9 Å². The molecular weight excluding hydrogens is 641 g/mol. The van der Waals surface area contributed by atoms with Gasteiger partial charge in [-0.1, -0.05) is 32.0 Å². The van der Waals surface area contributed by atoms with Gasteiger partial charge in [-0.05, 0) is 43.2 Å². The molecule has 1 aliphatic carbocycles. The number of anilines is 3. The molecule has 1 aliphatic rings. The number of aromatic nitrogens is 3. The molecule has 0 amide bonds. The number of hydrogen-bond donors (Lipinski definition) is 4. The number of nitrogens with two attached hydrogens (primary N) is 1. The first-order valence-electron chi connectivity index (χ1n) is 14.9. The second kappa shape index (κ2) is 14.9. The van der Waals surface area contributed by atoms with Crippen molar-refractivity contribution in [1.82, 2.24) is 14.8 Å². The maximum absolute atomic E-state index is 13.8. The molecule has 0 bridgehead atoms. The lowest BCUT2D eigenvalue weighted by Gasteiger charge is -2.20. The monoisotopic (exact) mass is 677 g/mol. The van der Waals surface area contributed by atoms with E-state index >= 15 is 0 Å². The molecule has 3 atom stereocenters. The average molecular weight is 678 g/mol. The lowest BCUT2D eigenvalue weighted by atomic mass is 9.97. The molecule has 1 fully saturated rings. The second-order valence-corrected chi connectivity index (χ2v) is 11.7. The largest absolute Gasteiger partial charge is 0.484 e. The van der Waals surface area contributed by atoms with Crippen molar-refractivity contribution in [3.8, 4) is 16.9 Å². The van der Waals surface area contributed by atoms with Crippen LogP contribution < -0.4 is 20.5 Å². The van der Waals surface area contributed by atoms with Crippen molar-refractivity contribution in [2.45, 2.75) is 63.9 Å². The van der Waals surface area contributed by atoms with E-state index in [0.717, 1.165) is 0 Å². The van der Waals surface area contributed by atoms with E-state index in [1.807, 2.05) is 13.8 Å². The molecule has 0 aliphatic heterocycles. The fourth-order valence-electron chi connectivity index (χ4n) is 5.24. The molecular formula is C32H36F5N7O2S. The van der Waals surface area contributed by atoms with Gasteiger partial charge in [0.25, 0.3) is 0 Å². The summed E-state index contributed by atoms with van der Waals surface area (Å²) in [5, 5.41) is 16.4. The van der Waals surface area contributed by atoms with Crippen molar-refractivity contribution < 1.29 is 30.9 Å². The van der Waals surface area contributed by atoms with Gasteiger partial charge >= 0.3 is 5.76 Å². The Balaban J connectivity index is 0.00000245. The predicted octanol–water partition coefficient (Wildman–Crippen LogP) is 7.95. The van der Waals surface area contributed by atoms with Crippen LogP contribution in [-0.2, 0) is 11.0 Å². The molecule has 0 saturated heterocycles. The number of ether oxygens (including phenoxy) is 1. The van der Waals surface area contributed by atoms with Gasteiger partial charge in [0, 0.05) is 49.0 Å². The smallest absolute Gasteiger partial charge is 0.330 e. The number of pyridine rings is 1. The summed E-state index contributed by atoms with van der Waals surface area (Å²) in [4.78, 5) is 4.28. The lowest BCUT2D eigenvalue weighted by molar-refractivity contribution is 0.00518. The van der Waals surface area contributed by atoms with Gasteiger partial charge in [-0.25, -0.2) is 22.4 Å². The summed E-state index contributed by atoms with van der Waals surface area (Å²) in [7, 11) is -1.11. The van der Waals surface area contributed by atoms with Gasteiger partial charge in [0.05, 0.1) is 34.9 Å². The molecule has 5 N–H and O–H groups in total. The minimum atomic E-state index is -3.17. The van der Waals surface area contributed by atoms with E-state index in [-0.39, 0.29) is 46.9 Å². The molecule has 4 aromatic rings. The molecule has 2 aromatic heterocycles. The van der Waals surface area contributed by atoms with Crippen LogP contribution >= 0.6 is 0 Å². The van der Waals surface area contributed by atoms with E-state index in [9.17, 15) is 26.2 Å². The minimum absolute atomic E-state index is 0.00593. The van der Waals surface area contributed by atoms with Crippen LogP contribution in [0, 0.1) is 11.2 Å². The van der Waals surface area contributed by atoms with Gasteiger partial charge < -0.3 is 15.8 Å². The second-order valence-electron chi connectivity index (χ2n) is 10.6. The molecule has 2 heterocycles. The first-order chi connectivity index (χ1) is 22.4. The van der Waals surface area contributed by atoms with Crippen molar-refractivity contribution in [2.75, 3.05) is 22.8 Å². The Hall–Kier alpha value is -4.53. The Kier molecular flexibility index (Phi) is 11.2. The number of rotatable bonds is 11. The number of nitrogens with zero attached hydrogens (tertiary/aromatic N) is 3. The molecule has 1 saturated carbocycles. The van der Waals surface area contributed by atoms with E-state index in [2.05, 4.69) is 20.1 Å². The quantitative estimate of drug-likeness (QED) is 0.0942. The number of hydrogen-bond acceptors (Lipinski definition) is 7. The fourth-order valence-corrected chi connectivity index (χ4v) is 5.71. The Morgan fingerprint density at radius 3 is 2.49 bits per heavy atom. The van der Waals surface area contributed by atoms with Crippen molar-refractivity contribution in [1.29, 1.82) is 5.41 Å². The van der Waals surface area contributed by atoms with Crippen LogP contribution in [0.25, 0.3) is 11.1 Å². The van der Waals surface area contributed by atoms with E-state index in [1.54, 1.807) is 20.2 Å². The van der Waals surface area contributed by atoms with Gasteiger partial charge in [-0.15, -0.1) is 0 Å². The summed E-state index contributed by atoms with van der Waals surface area (Å²) in [6, 6.07) is 9.28. The van der Waals surface area contributed by atoms with Gasteiger partial charge in [0.2, 0.25) is 5.92 Å². The first-order valence-corrected chi connectivity index (χ1v) is 16.1. The highest BCUT2D eigenvalue weighted by Gasteiger charge is 2.40. The van der Waals surface area contributed by atoms with Crippen LogP contribution in [0.1, 0.15) is 68.9 Å². The maximum Gasteiger partial charge on any atom is 0.330 e. The van der Waals surface area contributed by atoms with Crippen molar-refractivity contribution in [3.05, 3.63) is 83.6 Å². The molecule has 5 rings (SSSR count). The summed E-state index contributed by atoms with van der Waals surface area (Å²) in [5.74, 6) is -6.34. The van der Waals surface area contributed by atoms with Crippen molar-refractivity contribution in [2.24, 2.45) is 0 Å². The van der Waals surface area contributed by atoms with Crippen molar-refractivity contribution >= 4 is 33.9 Å².